The van der Waals surface area contributed by atoms with E-state index in [2.05, 4.69) is 9.97 Å². The fraction of sp³-hybridized carbons (Fsp3) is 0.143. The van der Waals surface area contributed by atoms with E-state index in [1.165, 1.54) is 0 Å². The van der Waals surface area contributed by atoms with Crippen molar-refractivity contribution in [3.63, 3.8) is 0 Å². The summed E-state index contributed by atoms with van der Waals surface area (Å²) in [5, 5.41) is 1.07. The Bertz CT molecular complexity index is 671. The van der Waals surface area contributed by atoms with E-state index in [-0.39, 0.29) is 0 Å². The maximum atomic E-state index is 4.62. The maximum Gasteiger partial charge on any atom is 0.236 e. The lowest BCUT2D eigenvalue weighted by Gasteiger charge is -2.15. The first kappa shape index (κ1) is 10.8. The molecule has 0 saturated carbocycles. The van der Waals surface area contributed by atoms with Gasteiger partial charge in [-0.1, -0.05) is 12.1 Å². The topological polar surface area (TPSA) is 34.0 Å². The van der Waals surface area contributed by atoms with Gasteiger partial charge in [-0.15, -0.1) is 0 Å². The van der Waals surface area contributed by atoms with Gasteiger partial charge in [0.05, 0.1) is 5.52 Å². The molecular formula is C14H14N4. The zero-order valence-corrected chi connectivity index (χ0v) is 10.4. The number of benzene rings is 1. The van der Waals surface area contributed by atoms with E-state index in [4.69, 9.17) is 0 Å². The summed E-state index contributed by atoms with van der Waals surface area (Å²) in [6, 6.07) is 12.0. The largest absolute Gasteiger partial charge is 0.362 e. The normalized spacial score (nSPS) is 10.8. The van der Waals surface area contributed by atoms with Crippen LogP contribution in [0.3, 0.4) is 0 Å². The average Bonchev–Trinajstić information content (AvgIpc) is 2.91. The number of hydrogen-bond donors (Lipinski definition) is 0. The molecule has 0 saturated heterocycles. The lowest BCUT2D eigenvalue weighted by Crippen LogP contribution is -2.13. The summed E-state index contributed by atoms with van der Waals surface area (Å²) in [7, 11) is 3.99. The molecule has 2 aromatic heterocycles. The van der Waals surface area contributed by atoms with Crippen LogP contribution in [0.2, 0.25) is 0 Å². The minimum Gasteiger partial charge on any atom is -0.362 e. The summed E-state index contributed by atoms with van der Waals surface area (Å²) in [6.45, 7) is 0. The number of anilines is 1. The highest BCUT2D eigenvalue weighted by molar-refractivity contribution is 5.89. The van der Waals surface area contributed by atoms with Crippen molar-refractivity contribution in [3.8, 4) is 5.95 Å². The van der Waals surface area contributed by atoms with Gasteiger partial charge >= 0.3 is 0 Å². The van der Waals surface area contributed by atoms with Gasteiger partial charge in [-0.3, -0.25) is 4.57 Å². The van der Waals surface area contributed by atoms with Crippen LogP contribution in [0.25, 0.3) is 16.9 Å². The molecule has 0 unspecified atom stereocenters. The zero-order valence-electron chi connectivity index (χ0n) is 10.4. The molecule has 0 aliphatic heterocycles. The van der Waals surface area contributed by atoms with Gasteiger partial charge in [0, 0.05) is 31.9 Å². The molecule has 0 fully saturated rings. The molecule has 90 valence electrons. The van der Waals surface area contributed by atoms with Crippen molar-refractivity contribution in [1.82, 2.24) is 14.5 Å². The van der Waals surface area contributed by atoms with Crippen LogP contribution in [0.15, 0.2) is 48.8 Å². The predicted molar refractivity (Wildman–Crippen MR) is 73.2 cm³/mol. The number of hydrogen-bond acceptors (Lipinski definition) is 3. The highest BCUT2D eigenvalue weighted by Gasteiger charge is 2.09. The van der Waals surface area contributed by atoms with Gasteiger partial charge in [-0.2, -0.15) is 4.98 Å². The van der Waals surface area contributed by atoms with E-state index in [1.807, 2.05) is 72.4 Å². The third-order valence-electron chi connectivity index (χ3n) is 2.83. The molecule has 4 nitrogen and oxygen atoms in total. The van der Waals surface area contributed by atoms with Gasteiger partial charge in [0.1, 0.15) is 5.82 Å². The highest BCUT2D eigenvalue weighted by atomic mass is 15.2. The maximum absolute atomic E-state index is 4.62. The monoisotopic (exact) mass is 238 g/mol. The van der Waals surface area contributed by atoms with Gasteiger partial charge in [0.25, 0.3) is 0 Å². The predicted octanol–water partition coefficient (Wildman–Crippen LogP) is 2.49. The number of nitrogens with zero attached hydrogens (tertiary/aromatic N) is 4. The van der Waals surface area contributed by atoms with E-state index < -0.39 is 0 Å². The lowest BCUT2D eigenvalue weighted by molar-refractivity contribution is 0.934. The molecule has 0 N–H and O–H groups in total. The standard InChI is InChI=1S/C14H14N4/c1-17(2)13-11-7-3-4-8-12(11)15-14(16-13)18-9-5-6-10-18/h3-10H,1-2H3. The smallest absolute Gasteiger partial charge is 0.236 e. The van der Waals surface area contributed by atoms with Gasteiger partial charge in [-0.25, -0.2) is 4.98 Å². The van der Waals surface area contributed by atoms with E-state index in [9.17, 15) is 0 Å². The fourth-order valence-corrected chi connectivity index (χ4v) is 1.97. The molecule has 0 atom stereocenters. The van der Waals surface area contributed by atoms with Crippen molar-refractivity contribution in [2.45, 2.75) is 0 Å². The van der Waals surface area contributed by atoms with Crippen molar-refractivity contribution < 1.29 is 0 Å². The van der Waals surface area contributed by atoms with Crippen LogP contribution in [-0.4, -0.2) is 28.6 Å². The van der Waals surface area contributed by atoms with Crippen LogP contribution >= 0.6 is 0 Å². The van der Waals surface area contributed by atoms with Gasteiger partial charge in [-0.05, 0) is 24.3 Å². The highest BCUT2D eigenvalue weighted by Crippen LogP contribution is 2.23. The average molecular weight is 238 g/mol. The molecule has 18 heavy (non-hydrogen) atoms. The Balaban J connectivity index is 2.30. The Hall–Kier alpha value is -2.36. The SMILES string of the molecule is CN(C)c1nc(-n2cccc2)nc2ccccc12. The quantitative estimate of drug-likeness (QED) is 0.688. The Morgan fingerprint density at radius 3 is 2.39 bits per heavy atom. The second-order valence-electron chi connectivity index (χ2n) is 4.35. The molecular weight excluding hydrogens is 224 g/mol. The molecule has 0 aliphatic rings. The van der Waals surface area contributed by atoms with Gasteiger partial charge < -0.3 is 4.90 Å². The van der Waals surface area contributed by atoms with Crippen molar-refractivity contribution in [3.05, 3.63) is 48.8 Å². The summed E-state index contributed by atoms with van der Waals surface area (Å²) in [6.07, 6.45) is 3.90. The summed E-state index contributed by atoms with van der Waals surface area (Å²) in [5.41, 5.74) is 0.958. The Morgan fingerprint density at radius 2 is 1.67 bits per heavy atom. The van der Waals surface area contributed by atoms with Crippen LogP contribution in [0.4, 0.5) is 5.82 Å². The first-order valence-corrected chi connectivity index (χ1v) is 5.83. The molecule has 2 heterocycles. The van der Waals surface area contributed by atoms with E-state index >= 15 is 0 Å². The minimum atomic E-state index is 0.697. The van der Waals surface area contributed by atoms with Crippen LogP contribution in [0.5, 0.6) is 0 Å². The van der Waals surface area contributed by atoms with Crippen molar-refractivity contribution in [1.29, 1.82) is 0 Å². The van der Waals surface area contributed by atoms with Crippen LogP contribution < -0.4 is 4.90 Å². The number of rotatable bonds is 2. The molecule has 1 aromatic carbocycles. The van der Waals surface area contributed by atoms with Crippen molar-refractivity contribution >= 4 is 16.7 Å². The molecule has 3 aromatic rings. The first-order chi connectivity index (χ1) is 8.75. The fourth-order valence-electron chi connectivity index (χ4n) is 1.97. The third-order valence-corrected chi connectivity index (χ3v) is 2.83. The molecule has 0 spiro atoms. The minimum absolute atomic E-state index is 0.697. The number of para-hydroxylation sites is 1. The summed E-state index contributed by atoms with van der Waals surface area (Å²) in [4.78, 5) is 11.2. The van der Waals surface area contributed by atoms with Crippen molar-refractivity contribution in [2.75, 3.05) is 19.0 Å². The Labute approximate surface area is 106 Å². The lowest BCUT2D eigenvalue weighted by atomic mass is 10.2. The molecule has 0 radical (unpaired) electrons. The Kier molecular flexibility index (Phi) is 2.48. The van der Waals surface area contributed by atoms with Crippen LogP contribution in [0.1, 0.15) is 0 Å². The van der Waals surface area contributed by atoms with E-state index in [0.717, 1.165) is 16.7 Å². The molecule has 0 aliphatic carbocycles. The molecule has 3 rings (SSSR count). The summed E-state index contributed by atoms with van der Waals surface area (Å²) in [5.74, 6) is 1.63. The van der Waals surface area contributed by atoms with E-state index in [0.29, 0.717) is 5.95 Å². The van der Waals surface area contributed by atoms with E-state index in [1.54, 1.807) is 0 Å². The first-order valence-electron chi connectivity index (χ1n) is 5.83. The Morgan fingerprint density at radius 1 is 0.944 bits per heavy atom. The second kappa shape index (κ2) is 4.14. The van der Waals surface area contributed by atoms with Gasteiger partial charge in [0.15, 0.2) is 0 Å². The second-order valence-corrected chi connectivity index (χ2v) is 4.35. The van der Waals surface area contributed by atoms with Gasteiger partial charge in [0.2, 0.25) is 5.95 Å². The molecule has 0 bridgehead atoms. The molecule has 0 amide bonds. The zero-order chi connectivity index (χ0) is 12.5. The number of aromatic nitrogens is 3. The van der Waals surface area contributed by atoms with Crippen molar-refractivity contribution in [2.24, 2.45) is 0 Å². The molecule has 4 heteroatoms. The third kappa shape index (κ3) is 1.72. The summed E-state index contributed by atoms with van der Waals surface area (Å²) >= 11 is 0. The van der Waals surface area contributed by atoms with Crippen LogP contribution in [0, 0.1) is 0 Å². The van der Waals surface area contributed by atoms with Crippen LogP contribution in [-0.2, 0) is 0 Å². The number of fused-ring (bicyclic) bond motifs is 1. The summed E-state index contributed by atoms with van der Waals surface area (Å²) < 4.78 is 1.92.